The first-order chi connectivity index (χ1) is 12.6. The highest BCUT2D eigenvalue weighted by molar-refractivity contribution is 7.99. The van der Waals surface area contributed by atoms with Crippen LogP contribution in [-0.4, -0.2) is 16.2 Å². The first-order valence-corrected chi connectivity index (χ1v) is 9.72. The molecular weight excluding hydrogens is 364 g/mol. The Kier molecular flexibility index (Phi) is 5.85. The highest BCUT2D eigenvalue weighted by Gasteiger charge is 2.09. The van der Waals surface area contributed by atoms with Crippen molar-refractivity contribution in [2.45, 2.75) is 13.5 Å². The SMILES string of the molecule is CSN(Cc1cccn(O)c1=S)c1ccc(Oc2ccc(C)cc2)cc1. The molecule has 3 rings (SSSR count). The smallest absolute Gasteiger partial charge is 0.147 e. The zero-order valence-electron chi connectivity index (χ0n) is 14.6. The number of rotatable bonds is 6. The highest BCUT2D eigenvalue weighted by atomic mass is 32.2. The van der Waals surface area contributed by atoms with Crippen LogP contribution in [-0.2, 0) is 6.54 Å². The Morgan fingerprint density at radius 2 is 1.65 bits per heavy atom. The van der Waals surface area contributed by atoms with Crippen molar-refractivity contribution in [3.63, 3.8) is 0 Å². The number of pyridine rings is 1. The van der Waals surface area contributed by atoms with Gasteiger partial charge in [-0.05, 0) is 49.4 Å². The molecule has 134 valence electrons. The first kappa shape index (κ1) is 18.4. The Balaban J connectivity index is 1.74. The van der Waals surface area contributed by atoms with Crippen molar-refractivity contribution < 1.29 is 9.94 Å². The van der Waals surface area contributed by atoms with Crippen molar-refractivity contribution in [1.29, 1.82) is 0 Å². The number of hydrogen-bond acceptors (Lipinski definition) is 5. The lowest BCUT2D eigenvalue weighted by atomic mass is 10.2. The fourth-order valence-corrected chi connectivity index (χ4v) is 3.28. The van der Waals surface area contributed by atoms with E-state index in [1.807, 2.05) is 60.9 Å². The van der Waals surface area contributed by atoms with E-state index in [4.69, 9.17) is 17.0 Å². The normalized spacial score (nSPS) is 10.5. The van der Waals surface area contributed by atoms with E-state index >= 15 is 0 Å². The summed E-state index contributed by atoms with van der Waals surface area (Å²) in [5.74, 6) is 1.60. The predicted molar refractivity (Wildman–Crippen MR) is 110 cm³/mol. The minimum atomic E-state index is 0.422. The number of nitrogens with zero attached hydrogens (tertiary/aromatic N) is 2. The van der Waals surface area contributed by atoms with Gasteiger partial charge in [-0.15, -0.1) is 0 Å². The van der Waals surface area contributed by atoms with Crippen molar-refractivity contribution >= 4 is 29.9 Å². The lowest BCUT2D eigenvalue weighted by Crippen LogP contribution is -2.14. The summed E-state index contributed by atoms with van der Waals surface area (Å²) in [7, 11) is 0. The first-order valence-electron chi connectivity index (χ1n) is 8.13. The summed E-state index contributed by atoms with van der Waals surface area (Å²) in [6, 6.07) is 19.6. The summed E-state index contributed by atoms with van der Waals surface area (Å²) in [6.07, 6.45) is 3.54. The van der Waals surface area contributed by atoms with Gasteiger partial charge in [0.25, 0.3) is 0 Å². The predicted octanol–water partition coefficient (Wildman–Crippen LogP) is 5.84. The summed E-state index contributed by atoms with van der Waals surface area (Å²) in [4.78, 5) is 0. The molecule has 0 fully saturated rings. The van der Waals surface area contributed by atoms with Gasteiger partial charge in [0, 0.05) is 23.7 Å². The maximum atomic E-state index is 9.72. The molecule has 4 nitrogen and oxygen atoms in total. The Hall–Kier alpha value is -2.44. The van der Waals surface area contributed by atoms with E-state index < -0.39 is 0 Å². The van der Waals surface area contributed by atoms with Crippen LogP contribution in [0.1, 0.15) is 11.1 Å². The van der Waals surface area contributed by atoms with Gasteiger partial charge in [0.05, 0.1) is 6.54 Å². The van der Waals surface area contributed by atoms with Crippen molar-refractivity contribution in [3.8, 4) is 11.5 Å². The fourth-order valence-electron chi connectivity index (χ4n) is 2.49. The molecule has 0 aliphatic rings. The number of aryl methyl sites for hydroxylation is 1. The van der Waals surface area contributed by atoms with Crippen LogP contribution < -0.4 is 9.04 Å². The van der Waals surface area contributed by atoms with Crippen molar-refractivity contribution in [2.24, 2.45) is 0 Å². The molecule has 0 radical (unpaired) electrons. The molecule has 2 aromatic carbocycles. The monoisotopic (exact) mass is 384 g/mol. The van der Waals surface area contributed by atoms with E-state index in [0.717, 1.165) is 27.5 Å². The molecule has 0 saturated heterocycles. The second-order valence-corrected chi connectivity index (χ2v) is 7.00. The molecule has 0 bridgehead atoms. The molecule has 0 spiro atoms. The van der Waals surface area contributed by atoms with Gasteiger partial charge in [-0.2, -0.15) is 4.73 Å². The number of hydrogen-bond donors (Lipinski definition) is 1. The van der Waals surface area contributed by atoms with Crippen LogP contribution in [0.4, 0.5) is 5.69 Å². The average Bonchev–Trinajstić information content (AvgIpc) is 2.66. The molecule has 3 aromatic rings. The molecule has 0 unspecified atom stereocenters. The lowest BCUT2D eigenvalue weighted by molar-refractivity contribution is 0.179. The number of aromatic nitrogens is 1. The quantitative estimate of drug-likeness (QED) is 0.328. The van der Waals surface area contributed by atoms with E-state index in [0.29, 0.717) is 11.2 Å². The highest BCUT2D eigenvalue weighted by Crippen LogP contribution is 2.28. The third-order valence-corrected chi connectivity index (χ3v) is 5.15. The molecule has 26 heavy (non-hydrogen) atoms. The molecule has 1 heterocycles. The van der Waals surface area contributed by atoms with E-state index in [2.05, 4.69) is 11.2 Å². The number of benzene rings is 2. The van der Waals surface area contributed by atoms with Crippen LogP contribution >= 0.6 is 24.2 Å². The maximum absolute atomic E-state index is 9.72. The van der Waals surface area contributed by atoms with Gasteiger partial charge in [0.2, 0.25) is 0 Å². The van der Waals surface area contributed by atoms with Crippen molar-refractivity contribution in [1.82, 2.24) is 4.73 Å². The average molecular weight is 385 g/mol. The summed E-state index contributed by atoms with van der Waals surface area (Å²) in [6.45, 7) is 2.65. The summed E-state index contributed by atoms with van der Waals surface area (Å²) < 4.78 is 9.38. The Bertz CT molecular complexity index is 922. The lowest BCUT2D eigenvalue weighted by Gasteiger charge is -2.22. The molecule has 0 aliphatic carbocycles. The largest absolute Gasteiger partial charge is 0.457 e. The van der Waals surface area contributed by atoms with Crippen LogP contribution in [0.2, 0.25) is 0 Å². The van der Waals surface area contributed by atoms with Crippen LogP contribution in [0.5, 0.6) is 11.5 Å². The van der Waals surface area contributed by atoms with Gasteiger partial charge < -0.3 is 14.2 Å². The minimum Gasteiger partial charge on any atom is -0.457 e. The summed E-state index contributed by atoms with van der Waals surface area (Å²) >= 11 is 6.87. The van der Waals surface area contributed by atoms with Gasteiger partial charge in [-0.1, -0.05) is 47.9 Å². The van der Waals surface area contributed by atoms with Gasteiger partial charge in [-0.3, -0.25) is 0 Å². The molecule has 0 aliphatic heterocycles. The molecule has 0 atom stereocenters. The Labute approximate surface area is 162 Å². The molecule has 0 amide bonds. The molecule has 1 N–H and O–H groups in total. The van der Waals surface area contributed by atoms with E-state index in [1.54, 1.807) is 18.0 Å². The maximum Gasteiger partial charge on any atom is 0.147 e. The Morgan fingerprint density at radius 1 is 1.04 bits per heavy atom. The van der Waals surface area contributed by atoms with E-state index in [1.165, 1.54) is 11.8 Å². The standard InChI is InChI=1S/C20H20N2O2S2/c1-15-5-9-18(10-6-15)24-19-11-7-17(8-12-19)22(26-2)14-16-4-3-13-21(23)20(16)25/h3-13,23H,14H2,1-2H3. The van der Waals surface area contributed by atoms with Crippen molar-refractivity contribution in [2.75, 3.05) is 10.6 Å². The zero-order valence-corrected chi connectivity index (χ0v) is 16.3. The van der Waals surface area contributed by atoms with E-state index in [-0.39, 0.29) is 0 Å². The topological polar surface area (TPSA) is 37.6 Å². The van der Waals surface area contributed by atoms with Crippen LogP contribution in [0.15, 0.2) is 66.9 Å². The van der Waals surface area contributed by atoms with Crippen LogP contribution in [0, 0.1) is 11.6 Å². The third-order valence-electron chi connectivity index (χ3n) is 3.92. The third kappa shape index (κ3) is 4.39. The molecular formula is C20H20N2O2S2. The molecule has 0 saturated carbocycles. The Morgan fingerprint density at radius 3 is 2.27 bits per heavy atom. The summed E-state index contributed by atoms with van der Waals surface area (Å²) in [5.41, 5.74) is 3.13. The van der Waals surface area contributed by atoms with Gasteiger partial charge in [-0.25, -0.2) is 0 Å². The van der Waals surface area contributed by atoms with Crippen LogP contribution in [0.3, 0.4) is 0 Å². The molecule has 6 heteroatoms. The van der Waals surface area contributed by atoms with Gasteiger partial charge in [0.15, 0.2) is 0 Å². The van der Waals surface area contributed by atoms with Crippen LogP contribution in [0.25, 0.3) is 0 Å². The number of ether oxygens (including phenoxy) is 1. The van der Waals surface area contributed by atoms with Crippen molar-refractivity contribution in [3.05, 3.63) is 82.6 Å². The second kappa shape index (κ2) is 8.29. The minimum absolute atomic E-state index is 0.422. The van der Waals surface area contributed by atoms with Gasteiger partial charge in [0.1, 0.15) is 16.1 Å². The second-order valence-electron chi connectivity index (χ2n) is 5.81. The number of anilines is 1. The van der Waals surface area contributed by atoms with Gasteiger partial charge >= 0.3 is 0 Å². The molecule has 1 aromatic heterocycles. The van der Waals surface area contributed by atoms with E-state index in [9.17, 15) is 5.21 Å². The fraction of sp³-hybridized carbons (Fsp3) is 0.150. The summed E-state index contributed by atoms with van der Waals surface area (Å²) in [5, 5.41) is 9.72. The zero-order chi connectivity index (χ0) is 18.5.